The molecule has 0 unspecified atom stereocenters. The molecule has 7 heteroatoms. The Bertz CT molecular complexity index is 422. The molecule has 0 spiro atoms. The molecule has 1 aliphatic heterocycles. The lowest BCUT2D eigenvalue weighted by molar-refractivity contribution is -0.127. The smallest absolute Gasteiger partial charge is 0.243 e. The highest BCUT2D eigenvalue weighted by molar-refractivity contribution is 5.85. The number of amides is 1. The number of ether oxygens (including phenoxy) is 1. The molecule has 130 valence electrons. The number of likely N-dealkylation sites (N-methyl/N-ethyl adjacent to an activating group) is 1. The molecule has 0 saturated carbocycles. The van der Waals surface area contributed by atoms with Crippen LogP contribution < -0.4 is 10.6 Å². The number of hydrogen-bond acceptors (Lipinski definition) is 4. The lowest BCUT2D eigenvalue weighted by atomic mass is 10.2. The second kappa shape index (κ2) is 9.52. The van der Waals surface area contributed by atoms with Gasteiger partial charge >= 0.3 is 0 Å². The van der Waals surface area contributed by atoms with Gasteiger partial charge in [0.25, 0.3) is 0 Å². The topological polar surface area (TPSA) is 69.2 Å². The van der Waals surface area contributed by atoms with Gasteiger partial charge in [0.15, 0.2) is 5.96 Å². The van der Waals surface area contributed by atoms with Gasteiger partial charge in [-0.05, 0) is 12.8 Å². The first-order valence-electron chi connectivity index (χ1n) is 8.35. The number of nitrogens with one attached hydrogen (secondary N) is 2. The fourth-order valence-corrected chi connectivity index (χ4v) is 2.53. The van der Waals surface area contributed by atoms with Crippen LogP contribution in [0.3, 0.4) is 0 Å². The molecule has 1 aliphatic carbocycles. The normalized spacial score (nSPS) is 19.8. The maximum absolute atomic E-state index is 11.7. The molecule has 1 saturated heterocycles. The van der Waals surface area contributed by atoms with Crippen molar-refractivity contribution in [3.05, 3.63) is 12.2 Å². The first-order chi connectivity index (χ1) is 11.1. The molecule has 1 fully saturated rings. The summed E-state index contributed by atoms with van der Waals surface area (Å²) in [6.45, 7) is 5.51. The second-order valence-electron chi connectivity index (χ2n) is 6.12. The van der Waals surface area contributed by atoms with E-state index in [0.29, 0.717) is 6.04 Å². The van der Waals surface area contributed by atoms with Gasteiger partial charge in [0.1, 0.15) is 6.54 Å². The summed E-state index contributed by atoms with van der Waals surface area (Å²) >= 11 is 0. The summed E-state index contributed by atoms with van der Waals surface area (Å²) in [5.74, 6) is 0.728. The molecule has 2 N–H and O–H groups in total. The van der Waals surface area contributed by atoms with Gasteiger partial charge in [-0.2, -0.15) is 0 Å². The van der Waals surface area contributed by atoms with Crippen molar-refractivity contribution in [3.8, 4) is 0 Å². The number of hydrogen-bond donors (Lipinski definition) is 2. The van der Waals surface area contributed by atoms with E-state index in [1.54, 1.807) is 19.0 Å². The third-order valence-corrected chi connectivity index (χ3v) is 4.04. The number of carbonyl (C=O) groups is 1. The summed E-state index contributed by atoms with van der Waals surface area (Å²) in [5.41, 5.74) is 0. The summed E-state index contributed by atoms with van der Waals surface area (Å²) in [6.07, 6.45) is 6.36. The van der Waals surface area contributed by atoms with Gasteiger partial charge in [0, 0.05) is 46.3 Å². The van der Waals surface area contributed by atoms with Crippen LogP contribution in [0.25, 0.3) is 0 Å². The lowest BCUT2D eigenvalue weighted by Gasteiger charge is -2.27. The highest BCUT2D eigenvalue weighted by Gasteiger charge is 2.14. The van der Waals surface area contributed by atoms with Gasteiger partial charge in [-0.25, -0.2) is 4.99 Å². The largest absolute Gasteiger partial charge is 0.379 e. The number of morpholine rings is 1. The van der Waals surface area contributed by atoms with Crippen LogP contribution in [0.2, 0.25) is 0 Å². The van der Waals surface area contributed by atoms with E-state index in [4.69, 9.17) is 4.74 Å². The van der Waals surface area contributed by atoms with Crippen molar-refractivity contribution in [2.45, 2.75) is 18.9 Å². The number of guanidine groups is 1. The molecule has 23 heavy (non-hydrogen) atoms. The van der Waals surface area contributed by atoms with E-state index in [9.17, 15) is 4.79 Å². The van der Waals surface area contributed by atoms with Crippen LogP contribution in [0.1, 0.15) is 12.8 Å². The number of rotatable bonds is 6. The van der Waals surface area contributed by atoms with Gasteiger partial charge < -0.3 is 20.3 Å². The van der Waals surface area contributed by atoms with Crippen LogP contribution in [-0.4, -0.2) is 87.7 Å². The summed E-state index contributed by atoms with van der Waals surface area (Å²) in [5, 5.41) is 6.76. The van der Waals surface area contributed by atoms with Crippen molar-refractivity contribution in [2.75, 3.05) is 60.0 Å². The highest BCUT2D eigenvalue weighted by atomic mass is 16.5. The van der Waals surface area contributed by atoms with E-state index in [1.807, 2.05) is 0 Å². The lowest BCUT2D eigenvalue weighted by Crippen LogP contribution is -2.47. The minimum Gasteiger partial charge on any atom is -0.379 e. The maximum atomic E-state index is 11.7. The number of carbonyl (C=O) groups excluding carboxylic acids is 1. The van der Waals surface area contributed by atoms with Gasteiger partial charge in [0.05, 0.1) is 13.2 Å². The molecule has 0 aromatic carbocycles. The molecular weight excluding hydrogens is 294 g/mol. The zero-order valence-electron chi connectivity index (χ0n) is 14.3. The van der Waals surface area contributed by atoms with Crippen molar-refractivity contribution in [2.24, 2.45) is 4.99 Å². The predicted molar refractivity (Wildman–Crippen MR) is 91.6 cm³/mol. The van der Waals surface area contributed by atoms with Gasteiger partial charge in [-0.15, -0.1) is 0 Å². The first kappa shape index (κ1) is 17.7. The molecule has 1 heterocycles. The zero-order valence-corrected chi connectivity index (χ0v) is 14.3. The minimum absolute atomic E-state index is 0.00354. The molecule has 0 bridgehead atoms. The van der Waals surface area contributed by atoms with Crippen LogP contribution in [0, 0.1) is 0 Å². The molecule has 0 aromatic rings. The molecule has 0 aromatic heterocycles. The average Bonchev–Trinajstić information content (AvgIpc) is 3.06. The predicted octanol–water partition coefficient (Wildman–Crippen LogP) is -0.339. The van der Waals surface area contributed by atoms with Crippen LogP contribution in [0.5, 0.6) is 0 Å². The molecule has 2 aliphatic rings. The van der Waals surface area contributed by atoms with E-state index in [-0.39, 0.29) is 12.5 Å². The van der Waals surface area contributed by atoms with Gasteiger partial charge in [0.2, 0.25) is 5.91 Å². The minimum atomic E-state index is 0.00354. The molecule has 2 rings (SSSR count). The van der Waals surface area contributed by atoms with E-state index in [2.05, 4.69) is 32.7 Å². The Morgan fingerprint density at radius 1 is 1.30 bits per heavy atom. The molecule has 1 amide bonds. The van der Waals surface area contributed by atoms with Crippen LogP contribution in [0.15, 0.2) is 17.1 Å². The Morgan fingerprint density at radius 2 is 2.00 bits per heavy atom. The van der Waals surface area contributed by atoms with E-state index in [1.165, 1.54) is 0 Å². The quantitative estimate of drug-likeness (QED) is 0.398. The number of aliphatic imine (C=N–C) groups is 1. The van der Waals surface area contributed by atoms with E-state index >= 15 is 0 Å². The van der Waals surface area contributed by atoms with Gasteiger partial charge in [-0.3, -0.25) is 9.69 Å². The Balaban J connectivity index is 1.79. The molecular formula is C16H29N5O2. The molecule has 7 nitrogen and oxygen atoms in total. The number of nitrogens with zero attached hydrogens (tertiary/aromatic N) is 3. The third-order valence-electron chi connectivity index (χ3n) is 4.04. The van der Waals surface area contributed by atoms with E-state index < -0.39 is 0 Å². The van der Waals surface area contributed by atoms with Gasteiger partial charge in [-0.1, -0.05) is 12.2 Å². The average molecular weight is 323 g/mol. The zero-order chi connectivity index (χ0) is 16.5. The van der Waals surface area contributed by atoms with Crippen molar-refractivity contribution >= 4 is 11.9 Å². The van der Waals surface area contributed by atoms with E-state index in [0.717, 1.165) is 58.2 Å². The third kappa shape index (κ3) is 6.58. The van der Waals surface area contributed by atoms with Crippen molar-refractivity contribution in [1.29, 1.82) is 0 Å². The monoisotopic (exact) mass is 323 g/mol. The summed E-state index contributed by atoms with van der Waals surface area (Å²) in [7, 11) is 3.50. The standard InChI is InChI=1S/C16H29N5O2/c1-20(2)15(22)13-18-16(19-14-5-3-4-6-14)17-7-8-21-9-11-23-12-10-21/h3-4,14H,5-13H2,1-2H3,(H2,17,18,19). The SMILES string of the molecule is CN(C)C(=O)CN=C(NCCN1CCOCC1)NC1CC=CC1. The second-order valence-corrected chi connectivity index (χ2v) is 6.12. The Kier molecular flexibility index (Phi) is 7.35. The fraction of sp³-hybridized carbons (Fsp3) is 0.750. The summed E-state index contributed by atoms with van der Waals surface area (Å²) in [6, 6.07) is 0.374. The fourth-order valence-electron chi connectivity index (χ4n) is 2.53. The Morgan fingerprint density at radius 3 is 2.65 bits per heavy atom. The molecule has 0 atom stereocenters. The summed E-state index contributed by atoms with van der Waals surface area (Å²) in [4.78, 5) is 20.1. The van der Waals surface area contributed by atoms with Crippen molar-refractivity contribution in [3.63, 3.8) is 0 Å². The van der Waals surface area contributed by atoms with Crippen molar-refractivity contribution < 1.29 is 9.53 Å². The van der Waals surface area contributed by atoms with Crippen LogP contribution >= 0.6 is 0 Å². The van der Waals surface area contributed by atoms with Crippen LogP contribution in [0.4, 0.5) is 0 Å². The first-order valence-corrected chi connectivity index (χ1v) is 8.35. The highest BCUT2D eigenvalue weighted by Crippen LogP contribution is 2.08. The van der Waals surface area contributed by atoms with Crippen molar-refractivity contribution in [1.82, 2.24) is 20.4 Å². The maximum Gasteiger partial charge on any atom is 0.243 e. The molecule has 0 radical (unpaired) electrons. The van der Waals surface area contributed by atoms with Crippen LogP contribution in [-0.2, 0) is 9.53 Å². The summed E-state index contributed by atoms with van der Waals surface area (Å²) < 4.78 is 5.36. The Hall–Kier alpha value is -1.60. The Labute approximate surface area is 138 Å².